The van der Waals surface area contributed by atoms with Crippen molar-refractivity contribution in [1.29, 1.82) is 0 Å². The van der Waals surface area contributed by atoms with Gasteiger partial charge in [-0.1, -0.05) is 0 Å². The molecule has 0 fully saturated rings. The van der Waals surface area contributed by atoms with Gasteiger partial charge in [-0.15, -0.1) is 0 Å². The summed E-state index contributed by atoms with van der Waals surface area (Å²) in [5, 5.41) is 10.7. The number of benzene rings is 1. The Morgan fingerprint density at radius 1 is 1.62 bits per heavy atom. The SMILES string of the molecule is CCO/C(=N/C)c1ccc(N)c([N+](=O)[O-])c1. The van der Waals surface area contributed by atoms with Crippen LogP contribution in [0.25, 0.3) is 0 Å². The third-order valence-electron chi connectivity index (χ3n) is 1.96. The molecule has 0 saturated carbocycles. The number of aliphatic imine (C=N–C) groups is 1. The highest BCUT2D eigenvalue weighted by molar-refractivity contribution is 5.95. The number of nitrogen functional groups attached to an aromatic ring is 1. The number of rotatable bonds is 3. The van der Waals surface area contributed by atoms with Gasteiger partial charge >= 0.3 is 0 Å². The van der Waals surface area contributed by atoms with Gasteiger partial charge in [-0.25, -0.2) is 0 Å². The summed E-state index contributed by atoms with van der Waals surface area (Å²) in [6.07, 6.45) is 0. The lowest BCUT2D eigenvalue weighted by Crippen LogP contribution is -2.07. The maximum atomic E-state index is 10.7. The molecule has 0 unspecified atom stereocenters. The lowest BCUT2D eigenvalue weighted by molar-refractivity contribution is -0.383. The smallest absolute Gasteiger partial charge is 0.292 e. The summed E-state index contributed by atoms with van der Waals surface area (Å²) < 4.78 is 5.24. The van der Waals surface area contributed by atoms with Gasteiger partial charge in [0.25, 0.3) is 5.69 Å². The molecule has 0 amide bonds. The van der Waals surface area contributed by atoms with E-state index in [0.717, 1.165) is 0 Å². The Bertz CT molecular complexity index is 429. The molecule has 6 heteroatoms. The van der Waals surface area contributed by atoms with E-state index in [1.807, 2.05) is 6.92 Å². The topological polar surface area (TPSA) is 90.8 Å². The van der Waals surface area contributed by atoms with Crippen LogP contribution in [0.2, 0.25) is 0 Å². The van der Waals surface area contributed by atoms with Crippen LogP contribution in [0, 0.1) is 10.1 Å². The van der Waals surface area contributed by atoms with Gasteiger partial charge in [-0.05, 0) is 19.1 Å². The molecule has 0 atom stereocenters. The summed E-state index contributed by atoms with van der Waals surface area (Å²) in [6.45, 7) is 2.27. The summed E-state index contributed by atoms with van der Waals surface area (Å²) in [7, 11) is 1.56. The van der Waals surface area contributed by atoms with E-state index >= 15 is 0 Å². The molecule has 16 heavy (non-hydrogen) atoms. The van der Waals surface area contributed by atoms with Crippen LogP contribution in [0.1, 0.15) is 12.5 Å². The maximum Gasteiger partial charge on any atom is 0.292 e. The zero-order valence-electron chi connectivity index (χ0n) is 9.14. The van der Waals surface area contributed by atoms with Gasteiger partial charge in [0.2, 0.25) is 5.90 Å². The van der Waals surface area contributed by atoms with Gasteiger partial charge in [0.05, 0.1) is 11.5 Å². The molecule has 0 aromatic heterocycles. The molecule has 1 aromatic rings. The first-order chi connectivity index (χ1) is 7.60. The molecule has 0 spiro atoms. The Kier molecular flexibility index (Phi) is 3.82. The highest BCUT2D eigenvalue weighted by Gasteiger charge is 2.14. The molecule has 1 rings (SSSR count). The van der Waals surface area contributed by atoms with Crippen LogP contribution in [-0.4, -0.2) is 24.5 Å². The number of nitro benzene ring substituents is 1. The number of nitrogens with two attached hydrogens (primary N) is 1. The summed E-state index contributed by atoms with van der Waals surface area (Å²) in [5.74, 6) is 0.366. The third kappa shape index (κ3) is 2.47. The van der Waals surface area contributed by atoms with Crippen molar-refractivity contribution in [2.45, 2.75) is 6.92 Å². The van der Waals surface area contributed by atoms with Gasteiger partial charge in [-0.3, -0.25) is 15.1 Å². The number of nitrogens with zero attached hydrogens (tertiary/aromatic N) is 2. The van der Waals surface area contributed by atoms with Gasteiger partial charge in [0, 0.05) is 18.7 Å². The normalized spacial score (nSPS) is 11.2. The predicted molar refractivity (Wildman–Crippen MR) is 61.6 cm³/mol. The molecule has 0 heterocycles. The van der Waals surface area contributed by atoms with Gasteiger partial charge in [0.1, 0.15) is 5.69 Å². The zero-order valence-corrected chi connectivity index (χ0v) is 9.14. The largest absolute Gasteiger partial charge is 0.478 e. The highest BCUT2D eigenvalue weighted by Crippen LogP contribution is 2.22. The zero-order chi connectivity index (χ0) is 12.1. The molecule has 0 saturated heterocycles. The summed E-state index contributed by atoms with van der Waals surface area (Å²) in [5.41, 5.74) is 6.02. The fourth-order valence-electron chi connectivity index (χ4n) is 1.25. The summed E-state index contributed by atoms with van der Waals surface area (Å²) in [4.78, 5) is 14.1. The van der Waals surface area contributed by atoms with Crippen molar-refractivity contribution in [1.82, 2.24) is 0 Å². The lowest BCUT2D eigenvalue weighted by Gasteiger charge is -2.06. The van der Waals surface area contributed by atoms with E-state index in [1.54, 1.807) is 13.1 Å². The fraction of sp³-hybridized carbons (Fsp3) is 0.300. The minimum absolute atomic E-state index is 0.126. The average molecular weight is 223 g/mol. The number of hydrogen-bond donors (Lipinski definition) is 1. The van der Waals surface area contributed by atoms with Crippen molar-refractivity contribution in [2.24, 2.45) is 4.99 Å². The third-order valence-corrected chi connectivity index (χ3v) is 1.96. The van der Waals surface area contributed by atoms with E-state index in [4.69, 9.17) is 10.5 Å². The molecule has 0 aliphatic rings. The molecule has 0 aliphatic carbocycles. The van der Waals surface area contributed by atoms with Crippen molar-refractivity contribution in [3.05, 3.63) is 33.9 Å². The predicted octanol–water partition coefficient (Wildman–Crippen LogP) is 1.59. The second-order valence-corrected chi connectivity index (χ2v) is 2.99. The number of anilines is 1. The molecule has 6 nitrogen and oxygen atoms in total. The Balaban J connectivity index is 3.16. The maximum absolute atomic E-state index is 10.7. The minimum Gasteiger partial charge on any atom is -0.478 e. The van der Waals surface area contributed by atoms with Gasteiger partial charge < -0.3 is 10.5 Å². The quantitative estimate of drug-likeness (QED) is 0.277. The molecule has 0 radical (unpaired) electrons. The Morgan fingerprint density at radius 3 is 2.81 bits per heavy atom. The molecule has 0 bridgehead atoms. The Labute approximate surface area is 92.9 Å². The first-order valence-electron chi connectivity index (χ1n) is 4.74. The minimum atomic E-state index is -0.530. The molecular weight excluding hydrogens is 210 g/mol. The number of nitro groups is 1. The molecule has 1 aromatic carbocycles. The van der Waals surface area contributed by atoms with Crippen molar-refractivity contribution < 1.29 is 9.66 Å². The Hall–Kier alpha value is -2.11. The highest BCUT2D eigenvalue weighted by atomic mass is 16.6. The van der Waals surface area contributed by atoms with Gasteiger partial charge in [-0.2, -0.15) is 0 Å². The first-order valence-corrected chi connectivity index (χ1v) is 4.74. The fourth-order valence-corrected chi connectivity index (χ4v) is 1.25. The van der Waals surface area contributed by atoms with Crippen molar-refractivity contribution in [2.75, 3.05) is 19.4 Å². The van der Waals surface area contributed by atoms with E-state index < -0.39 is 4.92 Å². The van der Waals surface area contributed by atoms with Crippen LogP contribution < -0.4 is 5.73 Å². The number of ether oxygens (including phenoxy) is 1. The summed E-state index contributed by atoms with van der Waals surface area (Å²) in [6, 6.07) is 4.46. The van der Waals surface area contributed by atoms with Crippen LogP contribution in [0.5, 0.6) is 0 Å². The lowest BCUT2D eigenvalue weighted by atomic mass is 10.1. The van der Waals surface area contributed by atoms with Crippen molar-refractivity contribution >= 4 is 17.3 Å². The van der Waals surface area contributed by atoms with Gasteiger partial charge in [0.15, 0.2) is 0 Å². The van der Waals surface area contributed by atoms with Crippen LogP contribution in [0.15, 0.2) is 23.2 Å². The standard InChI is InChI=1S/C10H13N3O3/c1-3-16-10(12-2)7-4-5-8(11)9(6-7)13(14)15/h4-6H,3,11H2,1-2H3/b12-10+. The molecule has 2 N–H and O–H groups in total. The van der Waals surface area contributed by atoms with Crippen LogP contribution in [0.4, 0.5) is 11.4 Å². The second-order valence-electron chi connectivity index (χ2n) is 2.99. The summed E-state index contributed by atoms with van der Waals surface area (Å²) >= 11 is 0. The van der Waals surface area contributed by atoms with E-state index in [9.17, 15) is 10.1 Å². The monoisotopic (exact) mass is 223 g/mol. The molecule has 86 valence electrons. The van der Waals surface area contributed by atoms with E-state index in [-0.39, 0.29) is 11.4 Å². The second kappa shape index (κ2) is 5.11. The number of hydrogen-bond acceptors (Lipinski definition) is 5. The van der Waals surface area contributed by atoms with E-state index in [0.29, 0.717) is 18.1 Å². The van der Waals surface area contributed by atoms with E-state index in [1.165, 1.54) is 12.1 Å². The van der Waals surface area contributed by atoms with Crippen LogP contribution >= 0.6 is 0 Å². The van der Waals surface area contributed by atoms with Crippen molar-refractivity contribution in [3.8, 4) is 0 Å². The Morgan fingerprint density at radius 2 is 2.31 bits per heavy atom. The average Bonchev–Trinajstić information content (AvgIpc) is 2.26. The molecular formula is C10H13N3O3. The first kappa shape index (κ1) is 12.0. The van der Waals surface area contributed by atoms with Crippen LogP contribution in [-0.2, 0) is 4.74 Å². The molecule has 0 aliphatic heterocycles. The van der Waals surface area contributed by atoms with E-state index in [2.05, 4.69) is 4.99 Å². The van der Waals surface area contributed by atoms with Crippen LogP contribution in [0.3, 0.4) is 0 Å². The van der Waals surface area contributed by atoms with Crippen molar-refractivity contribution in [3.63, 3.8) is 0 Å².